The number of aryl methyl sites for hydroxylation is 1. The number of hydrogen-bond donors (Lipinski definition) is 4. The summed E-state index contributed by atoms with van der Waals surface area (Å²) in [6.07, 6.45) is 0.388. The van der Waals surface area contributed by atoms with Crippen molar-refractivity contribution in [3.05, 3.63) is 77.0 Å². The lowest BCUT2D eigenvalue weighted by atomic mass is 9.98. The Labute approximate surface area is 182 Å². The molecule has 0 aliphatic carbocycles. The van der Waals surface area contributed by atoms with Crippen molar-refractivity contribution in [1.29, 1.82) is 0 Å². The number of phenols is 2. The molecule has 0 unspecified atom stereocenters. The number of hydrogen-bond acceptors (Lipinski definition) is 8. The fourth-order valence-corrected chi connectivity index (χ4v) is 3.43. The van der Waals surface area contributed by atoms with E-state index in [1.54, 1.807) is 30.3 Å². The van der Waals surface area contributed by atoms with Crippen molar-refractivity contribution in [3.63, 3.8) is 0 Å². The maximum atomic E-state index is 13.3. The average Bonchev–Trinajstić information content (AvgIpc) is 3.14. The Kier molecular flexibility index (Phi) is 5.19. The van der Waals surface area contributed by atoms with Crippen molar-refractivity contribution in [2.75, 3.05) is 11.5 Å². The van der Waals surface area contributed by atoms with E-state index < -0.39 is 11.8 Å². The molecule has 0 aliphatic rings. The van der Waals surface area contributed by atoms with Crippen LogP contribution in [-0.4, -0.2) is 22.0 Å². The van der Waals surface area contributed by atoms with E-state index in [4.69, 9.17) is 20.6 Å². The van der Waals surface area contributed by atoms with Gasteiger partial charge in [-0.25, -0.2) is 4.79 Å². The number of aromatic hydroxyl groups is 2. The first-order valence-electron chi connectivity index (χ1n) is 9.78. The minimum atomic E-state index is -0.645. The van der Waals surface area contributed by atoms with E-state index in [2.05, 4.69) is 0 Å². The van der Waals surface area contributed by atoms with Gasteiger partial charge >= 0.3 is 5.97 Å². The smallest absolute Gasteiger partial charge is 0.343 e. The summed E-state index contributed by atoms with van der Waals surface area (Å²) in [7, 11) is 0. The van der Waals surface area contributed by atoms with E-state index in [0.29, 0.717) is 23.1 Å². The molecular weight excluding hydrogens is 412 g/mol. The lowest BCUT2D eigenvalue weighted by Gasteiger charge is -2.08. The van der Waals surface area contributed by atoms with E-state index in [-0.39, 0.29) is 45.3 Å². The van der Waals surface area contributed by atoms with Crippen LogP contribution in [0.2, 0.25) is 0 Å². The average molecular weight is 432 g/mol. The van der Waals surface area contributed by atoms with E-state index in [9.17, 15) is 19.8 Å². The topological polar surface area (TPSA) is 149 Å². The number of fused-ring (bicyclic) bond motifs is 1. The number of phenolic OH excluding ortho intramolecular Hbond substituents is 2. The highest BCUT2D eigenvalue weighted by molar-refractivity contribution is 6.18. The summed E-state index contributed by atoms with van der Waals surface area (Å²) >= 11 is 0. The summed E-state index contributed by atoms with van der Waals surface area (Å²) in [5.41, 5.74) is 12.4. The van der Waals surface area contributed by atoms with Crippen LogP contribution in [0.5, 0.6) is 17.2 Å². The SMILES string of the molecule is CCc1oc2cc(OC(=O)c3ccccc3)c(O)cc2c1C(=O)c1cc(N)c(O)c(N)c1. The van der Waals surface area contributed by atoms with Crippen molar-refractivity contribution in [3.8, 4) is 17.2 Å². The Morgan fingerprint density at radius 1 is 0.969 bits per heavy atom. The van der Waals surface area contributed by atoms with Crippen LogP contribution < -0.4 is 16.2 Å². The molecule has 6 N–H and O–H groups in total. The van der Waals surface area contributed by atoms with Gasteiger partial charge in [0.25, 0.3) is 0 Å². The highest BCUT2D eigenvalue weighted by Gasteiger charge is 2.24. The molecule has 1 aromatic heterocycles. The van der Waals surface area contributed by atoms with Crippen LogP contribution in [0, 0.1) is 0 Å². The van der Waals surface area contributed by atoms with Crippen molar-refractivity contribution >= 4 is 34.1 Å². The Morgan fingerprint density at radius 3 is 2.25 bits per heavy atom. The summed E-state index contributed by atoms with van der Waals surface area (Å²) in [4.78, 5) is 25.6. The van der Waals surface area contributed by atoms with Crippen LogP contribution >= 0.6 is 0 Å². The number of nitrogen functional groups attached to an aromatic ring is 2. The Morgan fingerprint density at radius 2 is 1.62 bits per heavy atom. The third-order valence-electron chi connectivity index (χ3n) is 5.03. The summed E-state index contributed by atoms with van der Waals surface area (Å²) in [5.74, 6) is -1.43. The molecule has 0 radical (unpaired) electrons. The van der Waals surface area contributed by atoms with Gasteiger partial charge in [0.2, 0.25) is 0 Å². The molecule has 0 atom stereocenters. The van der Waals surface area contributed by atoms with Gasteiger partial charge in [-0.3, -0.25) is 4.79 Å². The second kappa shape index (κ2) is 7.99. The summed E-state index contributed by atoms with van der Waals surface area (Å²) in [6.45, 7) is 1.81. The number of carbonyl (C=O) groups excluding carboxylic acids is 2. The predicted molar refractivity (Wildman–Crippen MR) is 119 cm³/mol. The van der Waals surface area contributed by atoms with Crippen LogP contribution in [0.25, 0.3) is 11.0 Å². The molecule has 162 valence electrons. The monoisotopic (exact) mass is 432 g/mol. The Balaban J connectivity index is 1.77. The van der Waals surface area contributed by atoms with E-state index in [1.165, 1.54) is 24.3 Å². The molecule has 3 aromatic carbocycles. The molecule has 1 heterocycles. The number of nitrogens with two attached hydrogens (primary N) is 2. The third kappa shape index (κ3) is 3.58. The molecule has 0 saturated heterocycles. The summed E-state index contributed by atoms with van der Waals surface area (Å²) < 4.78 is 11.1. The highest BCUT2D eigenvalue weighted by atomic mass is 16.5. The van der Waals surface area contributed by atoms with Crippen LogP contribution in [0.15, 0.2) is 59.0 Å². The minimum absolute atomic E-state index is 0.0304. The molecule has 0 bridgehead atoms. The molecular formula is C24H20N2O6. The van der Waals surface area contributed by atoms with Gasteiger partial charge in [-0.05, 0) is 30.3 Å². The van der Waals surface area contributed by atoms with Gasteiger partial charge in [0.15, 0.2) is 23.0 Å². The van der Waals surface area contributed by atoms with Crippen molar-refractivity contribution in [2.24, 2.45) is 0 Å². The summed E-state index contributed by atoms with van der Waals surface area (Å²) in [6, 6.07) is 13.7. The lowest BCUT2D eigenvalue weighted by molar-refractivity contribution is 0.0729. The van der Waals surface area contributed by atoms with Crippen LogP contribution in [0.1, 0.15) is 39.0 Å². The maximum absolute atomic E-state index is 13.3. The van der Waals surface area contributed by atoms with E-state index in [1.807, 2.05) is 6.92 Å². The normalized spacial score (nSPS) is 10.9. The van der Waals surface area contributed by atoms with Gasteiger partial charge in [-0.15, -0.1) is 0 Å². The first-order chi connectivity index (χ1) is 15.3. The van der Waals surface area contributed by atoms with Gasteiger partial charge < -0.3 is 30.8 Å². The number of furan rings is 1. The van der Waals surface area contributed by atoms with Gasteiger partial charge in [0.1, 0.15) is 11.3 Å². The molecule has 32 heavy (non-hydrogen) atoms. The zero-order valence-corrected chi connectivity index (χ0v) is 17.1. The number of carbonyl (C=O) groups is 2. The van der Waals surface area contributed by atoms with Crippen LogP contribution in [-0.2, 0) is 6.42 Å². The molecule has 0 fully saturated rings. The number of ketones is 1. The number of benzene rings is 3. The highest BCUT2D eigenvalue weighted by Crippen LogP contribution is 2.38. The zero-order chi connectivity index (χ0) is 23.0. The second-order valence-corrected chi connectivity index (χ2v) is 7.16. The predicted octanol–water partition coefficient (Wildman–Crippen LogP) is 4.02. The quantitative estimate of drug-likeness (QED) is 0.121. The Bertz CT molecular complexity index is 1340. The van der Waals surface area contributed by atoms with Crippen LogP contribution in [0.4, 0.5) is 11.4 Å². The van der Waals surface area contributed by atoms with Gasteiger partial charge in [-0.2, -0.15) is 0 Å². The van der Waals surface area contributed by atoms with Crippen molar-refractivity contribution < 1.29 is 29.0 Å². The van der Waals surface area contributed by atoms with Crippen LogP contribution in [0.3, 0.4) is 0 Å². The fraction of sp³-hybridized carbons (Fsp3) is 0.0833. The van der Waals surface area contributed by atoms with Gasteiger partial charge in [0, 0.05) is 23.4 Å². The zero-order valence-electron chi connectivity index (χ0n) is 17.1. The van der Waals surface area contributed by atoms with Gasteiger partial charge in [-0.1, -0.05) is 25.1 Å². The maximum Gasteiger partial charge on any atom is 0.343 e. The van der Waals surface area contributed by atoms with Crippen molar-refractivity contribution in [2.45, 2.75) is 13.3 Å². The largest absolute Gasteiger partial charge is 0.504 e. The first-order valence-corrected chi connectivity index (χ1v) is 9.78. The second-order valence-electron chi connectivity index (χ2n) is 7.16. The fourth-order valence-electron chi connectivity index (χ4n) is 3.43. The third-order valence-corrected chi connectivity index (χ3v) is 5.03. The van der Waals surface area contributed by atoms with E-state index in [0.717, 1.165) is 0 Å². The molecule has 0 spiro atoms. The molecule has 4 aromatic rings. The molecule has 4 rings (SSSR count). The first kappa shape index (κ1) is 20.8. The number of ether oxygens (including phenoxy) is 1. The number of anilines is 2. The standard InChI is InChI=1S/C24H20N2O6/c1-2-18-21(22(28)13-8-15(25)23(29)16(26)9-13)14-10-17(27)20(11-19(14)31-18)32-24(30)12-6-4-3-5-7-12/h3-11,27,29H,2,25-26H2,1H3. The summed E-state index contributed by atoms with van der Waals surface area (Å²) in [5, 5.41) is 20.6. The number of rotatable bonds is 5. The molecule has 0 saturated carbocycles. The number of esters is 1. The molecule has 8 nitrogen and oxygen atoms in total. The Hall–Kier alpha value is -4.46. The molecule has 0 aliphatic heterocycles. The lowest BCUT2D eigenvalue weighted by Crippen LogP contribution is -2.08. The molecule has 8 heteroatoms. The minimum Gasteiger partial charge on any atom is -0.504 e. The van der Waals surface area contributed by atoms with Crippen molar-refractivity contribution in [1.82, 2.24) is 0 Å². The molecule has 0 amide bonds. The van der Waals surface area contributed by atoms with Gasteiger partial charge in [0.05, 0.1) is 22.5 Å². The van der Waals surface area contributed by atoms with E-state index >= 15 is 0 Å².